The normalized spacial score (nSPS) is 17.1. The fourth-order valence-electron chi connectivity index (χ4n) is 3.40. The standard InChI is InChI=1S/C20H32N4O5S/c1-23(2)20(26)18-6-4-13-24(18)14-5-11-21-19(25)16-7-9-17(10-8-16)30(27,28)22-12-15-29-3/h7-10,18,22H,4-6,11-15H2,1-3H3,(H,21,25). The smallest absolute Gasteiger partial charge is 0.251 e. The molecule has 0 saturated carbocycles. The van der Waals surface area contributed by atoms with E-state index < -0.39 is 10.0 Å². The summed E-state index contributed by atoms with van der Waals surface area (Å²) in [4.78, 5) is 28.4. The number of likely N-dealkylation sites (tertiary alicyclic amines) is 1. The van der Waals surface area contributed by atoms with E-state index in [0.717, 1.165) is 32.4 Å². The van der Waals surface area contributed by atoms with Crippen molar-refractivity contribution in [3.05, 3.63) is 29.8 Å². The van der Waals surface area contributed by atoms with Gasteiger partial charge in [0.05, 0.1) is 17.5 Å². The molecule has 168 valence electrons. The molecule has 30 heavy (non-hydrogen) atoms. The number of hydrogen-bond acceptors (Lipinski definition) is 6. The largest absolute Gasteiger partial charge is 0.383 e. The van der Waals surface area contributed by atoms with E-state index in [0.29, 0.717) is 12.1 Å². The Bertz CT molecular complexity index is 811. The number of likely N-dealkylation sites (N-methyl/N-ethyl adjacent to an activating group) is 1. The van der Waals surface area contributed by atoms with Gasteiger partial charge in [-0.25, -0.2) is 13.1 Å². The summed E-state index contributed by atoms with van der Waals surface area (Å²) in [7, 11) is 1.41. The molecule has 2 N–H and O–H groups in total. The SMILES string of the molecule is COCCNS(=O)(=O)c1ccc(C(=O)NCCCN2CCCC2C(=O)N(C)C)cc1. The van der Waals surface area contributed by atoms with Crippen LogP contribution in [0.2, 0.25) is 0 Å². The zero-order valence-corrected chi connectivity index (χ0v) is 18.7. The lowest BCUT2D eigenvalue weighted by Gasteiger charge is -2.26. The summed E-state index contributed by atoms with van der Waals surface area (Å²) in [6, 6.07) is 5.74. The van der Waals surface area contributed by atoms with E-state index in [1.807, 2.05) is 0 Å². The summed E-state index contributed by atoms with van der Waals surface area (Å²) >= 11 is 0. The Morgan fingerprint density at radius 1 is 1.20 bits per heavy atom. The maximum atomic E-state index is 12.3. The van der Waals surface area contributed by atoms with Crippen LogP contribution in [0.4, 0.5) is 0 Å². The van der Waals surface area contributed by atoms with Gasteiger partial charge in [0.15, 0.2) is 0 Å². The lowest BCUT2D eigenvalue weighted by Crippen LogP contribution is -2.43. The molecule has 1 saturated heterocycles. The van der Waals surface area contributed by atoms with Crippen molar-refractivity contribution in [1.82, 2.24) is 19.8 Å². The molecule has 2 amide bonds. The van der Waals surface area contributed by atoms with Crippen LogP contribution in [0.1, 0.15) is 29.6 Å². The molecule has 1 atom stereocenters. The third-order valence-electron chi connectivity index (χ3n) is 5.02. The Morgan fingerprint density at radius 2 is 1.90 bits per heavy atom. The summed E-state index contributed by atoms with van der Waals surface area (Å²) in [5.41, 5.74) is 0.396. The summed E-state index contributed by atoms with van der Waals surface area (Å²) in [5.74, 6) is -0.128. The number of nitrogens with one attached hydrogen (secondary N) is 2. The Kier molecular flexibility index (Phi) is 9.22. The van der Waals surface area contributed by atoms with E-state index in [9.17, 15) is 18.0 Å². The molecule has 0 aromatic heterocycles. The fraction of sp³-hybridized carbons (Fsp3) is 0.600. The number of amides is 2. The third kappa shape index (κ3) is 6.76. The van der Waals surface area contributed by atoms with E-state index in [-0.39, 0.29) is 35.9 Å². The number of sulfonamides is 1. The minimum atomic E-state index is -3.62. The van der Waals surface area contributed by atoms with Crippen molar-refractivity contribution in [2.24, 2.45) is 0 Å². The molecule has 1 aliphatic heterocycles. The maximum Gasteiger partial charge on any atom is 0.251 e. The zero-order valence-electron chi connectivity index (χ0n) is 17.9. The number of carbonyl (C=O) groups is 2. The van der Waals surface area contributed by atoms with Crippen LogP contribution in [0, 0.1) is 0 Å². The number of methoxy groups -OCH3 is 1. The van der Waals surface area contributed by atoms with E-state index in [2.05, 4.69) is 14.9 Å². The van der Waals surface area contributed by atoms with Crippen molar-refractivity contribution < 1.29 is 22.7 Å². The van der Waals surface area contributed by atoms with E-state index in [1.165, 1.54) is 31.4 Å². The van der Waals surface area contributed by atoms with Crippen LogP contribution >= 0.6 is 0 Å². The molecule has 1 unspecified atom stereocenters. The van der Waals surface area contributed by atoms with Crippen molar-refractivity contribution in [2.75, 3.05) is 54.0 Å². The highest BCUT2D eigenvalue weighted by Crippen LogP contribution is 2.18. The average Bonchev–Trinajstić information content (AvgIpc) is 3.19. The van der Waals surface area contributed by atoms with Crippen LogP contribution in [0.15, 0.2) is 29.2 Å². The molecule has 9 nitrogen and oxygen atoms in total. The van der Waals surface area contributed by atoms with Gasteiger partial charge in [-0.2, -0.15) is 0 Å². The van der Waals surface area contributed by atoms with Crippen LogP contribution in [0.5, 0.6) is 0 Å². The van der Waals surface area contributed by atoms with Gasteiger partial charge in [0.1, 0.15) is 0 Å². The lowest BCUT2D eigenvalue weighted by atomic mass is 10.2. The Hall–Kier alpha value is -2.01. The summed E-state index contributed by atoms with van der Waals surface area (Å²) in [6.45, 7) is 2.58. The van der Waals surface area contributed by atoms with Crippen LogP contribution in [0.3, 0.4) is 0 Å². The van der Waals surface area contributed by atoms with Gasteiger partial charge >= 0.3 is 0 Å². The molecule has 1 heterocycles. The molecule has 1 fully saturated rings. The van der Waals surface area contributed by atoms with Crippen LogP contribution in [0.25, 0.3) is 0 Å². The minimum absolute atomic E-state index is 0.0670. The first-order valence-corrected chi connectivity index (χ1v) is 11.6. The fourth-order valence-corrected chi connectivity index (χ4v) is 4.42. The summed E-state index contributed by atoms with van der Waals surface area (Å²) < 4.78 is 31.5. The van der Waals surface area contributed by atoms with Crippen LogP contribution < -0.4 is 10.0 Å². The molecule has 0 aliphatic carbocycles. The Labute approximate surface area is 178 Å². The number of carbonyl (C=O) groups excluding carboxylic acids is 2. The van der Waals surface area contributed by atoms with Crippen molar-refractivity contribution in [2.45, 2.75) is 30.2 Å². The van der Waals surface area contributed by atoms with Gasteiger partial charge in [-0.05, 0) is 50.1 Å². The molecule has 2 rings (SSSR count). The molecule has 0 bridgehead atoms. The number of rotatable bonds is 11. The summed E-state index contributed by atoms with van der Waals surface area (Å²) in [6.07, 6.45) is 2.62. The van der Waals surface area contributed by atoms with Crippen molar-refractivity contribution in [3.8, 4) is 0 Å². The van der Waals surface area contributed by atoms with E-state index in [4.69, 9.17) is 4.74 Å². The maximum absolute atomic E-state index is 12.3. The zero-order chi connectivity index (χ0) is 22.1. The second-order valence-electron chi connectivity index (χ2n) is 7.45. The second kappa shape index (κ2) is 11.4. The van der Waals surface area contributed by atoms with E-state index in [1.54, 1.807) is 19.0 Å². The van der Waals surface area contributed by atoms with Gasteiger partial charge in [0.2, 0.25) is 15.9 Å². The first-order chi connectivity index (χ1) is 14.3. The van der Waals surface area contributed by atoms with Crippen molar-refractivity contribution in [1.29, 1.82) is 0 Å². The molecule has 1 aromatic carbocycles. The van der Waals surface area contributed by atoms with Crippen molar-refractivity contribution >= 4 is 21.8 Å². The topological polar surface area (TPSA) is 108 Å². The van der Waals surface area contributed by atoms with Crippen LogP contribution in [-0.2, 0) is 19.6 Å². The number of hydrogen-bond donors (Lipinski definition) is 2. The molecule has 0 spiro atoms. The predicted molar refractivity (Wildman–Crippen MR) is 114 cm³/mol. The highest BCUT2D eigenvalue weighted by molar-refractivity contribution is 7.89. The highest BCUT2D eigenvalue weighted by atomic mass is 32.2. The quantitative estimate of drug-likeness (QED) is 0.479. The number of ether oxygens (including phenoxy) is 1. The molecular weight excluding hydrogens is 408 g/mol. The third-order valence-corrected chi connectivity index (χ3v) is 6.50. The molecule has 1 aliphatic rings. The van der Waals surface area contributed by atoms with Gasteiger partial charge in [-0.1, -0.05) is 0 Å². The van der Waals surface area contributed by atoms with Gasteiger partial charge in [-0.15, -0.1) is 0 Å². The Balaban J connectivity index is 1.79. The van der Waals surface area contributed by atoms with Crippen LogP contribution in [-0.4, -0.2) is 90.1 Å². The molecule has 0 radical (unpaired) electrons. The Morgan fingerprint density at radius 3 is 2.53 bits per heavy atom. The first kappa shape index (κ1) is 24.3. The monoisotopic (exact) mass is 440 g/mol. The van der Waals surface area contributed by atoms with Gasteiger partial charge in [-0.3, -0.25) is 14.5 Å². The average molecular weight is 441 g/mol. The lowest BCUT2D eigenvalue weighted by molar-refractivity contribution is -0.133. The van der Waals surface area contributed by atoms with E-state index >= 15 is 0 Å². The van der Waals surface area contributed by atoms with Gasteiger partial charge in [0.25, 0.3) is 5.91 Å². The first-order valence-electron chi connectivity index (χ1n) is 10.1. The van der Waals surface area contributed by atoms with Gasteiger partial charge in [0, 0.05) is 46.4 Å². The second-order valence-corrected chi connectivity index (χ2v) is 9.22. The molecule has 10 heteroatoms. The van der Waals surface area contributed by atoms with Gasteiger partial charge < -0.3 is 15.0 Å². The molecule has 1 aromatic rings. The highest BCUT2D eigenvalue weighted by Gasteiger charge is 2.31. The minimum Gasteiger partial charge on any atom is -0.383 e. The van der Waals surface area contributed by atoms with Crippen molar-refractivity contribution in [3.63, 3.8) is 0 Å². The predicted octanol–water partition coefficient (Wildman–Crippen LogP) is 0.284. The number of benzene rings is 1. The molecular formula is C20H32N4O5S. The number of nitrogens with zero attached hydrogens (tertiary/aromatic N) is 2. The summed E-state index contributed by atoms with van der Waals surface area (Å²) in [5, 5.41) is 2.85.